The molecule has 20 heavy (non-hydrogen) atoms. The highest BCUT2D eigenvalue weighted by Gasteiger charge is 2.32. The average molecular weight is 277 g/mol. The molecule has 1 aliphatic heterocycles. The van der Waals surface area contributed by atoms with Gasteiger partial charge in [-0.15, -0.1) is 0 Å². The first-order chi connectivity index (χ1) is 9.37. The second kappa shape index (κ2) is 5.79. The molecule has 5 nitrogen and oxygen atoms in total. The van der Waals surface area contributed by atoms with Gasteiger partial charge in [-0.3, -0.25) is 4.98 Å². The van der Waals surface area contributed by atoms with Gasteiger partial charge in [0.05, 0.1) is 0 Å². The summed E-state index contributed by atoms with van der Waals surface area (Å²) < 4.78 is 5.39. The normalized spacial score (nSPS) is 23.5. The number of amides is 1. The second-order valence-corrected chi connectivity index (χ2v) is 6.27. The largest absolute Gasteiger partial charge is 0.444 e. The Balaban J connectivity index is 1.97. The molecule has 110 valence electrons. The maximum absolute atomic E-state index is 12.0. The minimum absolute atomic E-state index is 0.0707. The van der Waals surface area contributed by atoms with Crippen molar-refractivity contribution < 1.29 is 9.53 Å². The number of nitrogens with zero attached hydrogens (tertiary/aromatic N) is 2. The molecule has 0 aliphatic carbocycles. The highest BCUT2D eigenvalue weighted by atomic mass is 16.6. The van der Waals surface area contributed by atoms with Crippen molar-refractivity contribution in [3.8, 4) is 0 Å². The van der Waals surface area contributed by atoms with Crippen molar-refractivity contribution in [3.05, 3.63) is 30.1 Å². The van der Waals surface area contributed by atoms with Crippen molar-refractivity contribution in [2.75, 3.05) is 13.1 Å². The molecule has 2 rings (SSSR count). The number of rotatable bonds is 1. The van der Waals surface area contributed by atoms with Crippen LogP contribution in [-0.2, 0) is 4.74 Å². The monoisotopic (exact) mass is 277 g/mol. The Kier molecular flexibility index (Phi) is 4.28. The maximum Gasteiger partial charge on any atom is 0.410 e. The minimum Gasteiger partial charge on any atom is -0.444 e. The smallest absolute Gasteiger partial charge is 0.410 e. The van der Waals surface area contributed by atoms with E-state index in [4.69, 9.17) is 10.5 Å². The molecule has 1 aliphatic rings. The lowest BCUT2D eigenvalue weighted by Gasteiger charge is -2.37. The van der Waals surface area contributed by atoms with E-state index in [1.54, 1.807) is 17.3 Å². The van der Waals surface area contributed by atoms with Gasteiger partial charge < -0.3 is 15.4 Å². The predicted molar refractivity (Wildman–Crippen MR) is 77.4 cm³/mol. The summed E-state index contributed by atoms with van der Waals surface area (Å²) in [4.78, 5) is 17.8. The molecule has 2 heterocycles. The Hall–Kier alpha value is -1.62. The summed E-state index contributed by atoms with van der Waals surface area (Å²) in [6.45, 7) is 6.81. The van der Waals surface area contributed by atoms with Crippen LogP contribution in [-0.4, -0.2) is 40.7 Å². The lowest BCUT2D eigenvalue weighted by atomic mass is 9.86. The number of carbonyl (C=O) groups is 1. The topological polar surface area (TPSA) is 68.5 Å². The van der Waals surface area contributed by atoms with E-state index in [0.717, 1.165) is 6.42 Å². The van der Waals surface area contributed by atoms with E-state index in [9.17, 15) is 4.79 Å². The molecule has 5 heteroatoms. The lowest BCUT2D eigenvalue weighted by Crippen LogP contribution is -2.50. The van der Waals surface area contributed by atoms with Gasteiger partial charge in [0.2, 0.25) is 0 Å². The van der Waals surface area contributed by atoms with Crippen LogP contribution in [0.25, 0.3) is 0 Å². The van der Waals surface area contributed by atoms with Crippen LogP contribution in [0.4, 0.5) is 4.79 Å². The van der Waals surface area contributed by atoms with Crippen molar-refractivity contribution in [3.63, 3.8) is 0 Å². The molecule has 0 radical (unpaired) electrons. The Morgan fingerprint density at radius 1 is 1.40 bits per heavy atom. The van der Waals surface area contributed by atoms with E-state index >= 15 is 0 Å². The number of piperidine rings is 1. The SMILES string of the molecule is CC(C)(C)OC(=O)N1CC[C@@H](c2ccncc2)[C@@H](N)C1. The summed E-state index contributed by atoms with van der Waals surface area (Å²) in [5.74, 6) is 0.275. The van der Waals surface area contributed by atoms with Crippen LogP contribution < -0.4 is 5.73 Å². The second-order valence-electron chi connectivity index (χ2n) is 6.27. The van der Waals surface area contributed by atoms with E-state index in [2.05, 4.69) is 4.98 Å². The number of hydrogen-bond donors (Lipinski definition) is 1. The molecule has 1 aromatic heterocycles. The Bertz CT molecular complexity index is 456. The Labute approximate surface area is 120 Å². The molecule has 0 saturated carbocycles. The highest BCUT2D eigenvalue weighted by molar-refractivity contribution is 5.68. The molecule has 2 atom stereocenters. The van der Waals surface area contributed by atoms with Gasteiger partial charge in [0.1, 0.15) is 5.60 Å². The summed E-state index contributed by atoms with van der Waals surface area (Å²) in [7, 11) is 0. The zero-order valence-electron chi connectivity index (χ0n) is 12.4. The van der Waals surface area contributed by atoms with Gasteiger partial charge in [-0.05, 0) is 44.9 Å². The summed E-state index contributed by atoms with van der Waals surface area (Å²) in [6.07, 6.45) is 4.13. The Morgan fingerprint density at radius 3 is 2.60 bits per heavy atom. The third kappa shape index (κ3) is 3.70. The fourth-order valence-corrected chi connectivity index (χ4v) is 2.50. The van der Waals surface area contributed by atoms with E-state index in [1.165, 1.54) is 5.56 Å². The third-order valence-electron chi connectivity index (χ3n) is 3.44. The Morgan fingerprint density at radius 2 is 2.05 bits per heavy atom. The summed E-state index contributed by atoms with van der Waals surface area (Å²) >= 11 is 0. The number of carbonyl (C=O) groups excluding carboxylic acids is 1. The van der Waals surface area contributed by atoms with Crippen LogP contribution in [0, 0.1) is 0 Å². The van der Waals surface area contributed by atoms with Crippen molar-refractivity contribution in [2.45, 2.75) is 44.8 Å². The van der Waals surface area contributed by atoms with E-state index < -0.39 is 5.60 Å². The summed E-state index contributed by atoms with van der Waals surface area (Å²) in [5.41, 5.74) is 6.96. The molecule has 0 spiro atoms. The van der Waals surface area contributed by atoms with Gasteiger partial charge in [0.15, 0.2) is 0 Å². The number of hydrogen-bond acceptors (Lipinski definition) is 4. The lowest BCUT2D eigenvalue weighted by molar-refractivity contribution is 0.0186. The van der Waals surface area contributed by atoms with Gasteiger partial charge in [-0.1, -0.05) is 0 Å². The van der Waals surface area contributed by atoms with Crippen molar-refractivity contribution >= 4 is 6.09 Å². The molecule has 2 N–H and O–H groups in total. The van der Waals surface area contributed by atoms with Gasteiger partial charge in [0.25, 0.3) is 0 Å². The molecule has 1 amide bonds. The number of likely N-dealkylation sites (tertiary alicyclic amines) is 1. The van der Waals surface area contributed by atoms with Gasteiger partial charge in [-0.25, -0.2) is 4.79 Å². The first-order valence-corrected chi connectivity index (χ1v) is 7.00. The molecule has 1 saturated heterocycles. The average Bonchev–Trinajstić information content (AvgIpc) is 2.37. The summed E-state index contributed by atoms with van der Waals surface area (Å²) in [5, 5.41) is 0. The summed E-state index contributed by atoms with van der Waals surface area (Å²) in [6, 6.07) is 3.92. The molecular weight excluding hydrogens is 254 g/mol. The zero-order valence-corrected chi connectivity index (χ0v) is 12.4. The standard InChI is InChI=1S/C15H23N3O2/c1-15(2,3)20-14(19)18-9-6-12(13(16)10-18)11-4-7-17-8-5-11/h4-5,7-8,12-13H,6,9-10,16H2,1-3H3/t12-,13-/m0/s1. The molecule has 0 unspecified atom stereocenters. The van der Waals surface area contributed by atoms with Crippen LogP contribution in [0.2, 0.25) is 0 Å². The molecule has 1 fully saturated rings. The van der Waals surface area contributed by atoms with Crippen molar-refractivity contribution in [1.82, 2.24) is 9.88 Å². The fraction of sp³-hybridized carbons (Fsp3) is 0.600. The number of pyridine rings is 1. The number of nitrogens with two attached hydrogens (primary N) is 1. The molecular formula is C15H23N3O2. The third-order valence-corrected chi connectivity index (χ3v) is 3.44. The van der Waals surface area contributed by atoms with Gasteiger partial charge in [-0.2, -0.15) is 0 Å². The molecule has 0 aromatic carbocycles. The first-order valence-electron chi connectivity index (χ1n) is 7.00. The molecule has 0 bridgehead atoms. The minimum atomic E-state index is -0.469. The molecule has 1 aromatic rings. The van der Waals surface area contributed by atoms with Crippen LogP contribution in [0.1, 0.15) is 38.7 Å². The first kappa shape index (κ1) is 14.8. The quantitative estimate of drug-likeness (QED) is 0.854. The van der Waals surface area contributed by atoms with Gasteiger partial charge >= 0.3 is 6.09 Å². The van der Waals surface area contributed by atoms with Crippen molar-refractivity contribution in [1.29, 1.82) is 0 Å². The maximum atomic E-state index is 12.0. The highest BCUT2D eigenvalue weighted by Crippen LogP contribution is 2.27. The zero-order chi connectivity index (χ0) is 14.8. The van der Waals surface area contributed by atoms with Crippen LogP contribution in [0.5, 0.6) is 0 Å². The number of aromatic nitrogens is 1. The van der Waals surface area contributed by atoms with Crippen molar-refractivity contribution in [2.24, 2.45) is 5.73 Å². The van der Waals surface area contributed by atoms with E-state index in [1.807, 2.05) is 32.9 Å². The van der Waals surface area contributed by atoms with E-state index in [-0.39, 0.29) is 18.1 Å². The van der Waals surface area contributed by atoms with Crippen LogP contribution in [0.15, 0.2) is 24.5 Å². The van der Waals surface area contributed by atoms with Gasteiger partial charge in [0, 0.05) is 37.4 Å². The fourth-order valence-electron chi connectivity index (χ4n) is 2.50. The van der Waals surface area contributed by atoms with Crippen LogP contribution in [0.3, 0.4) is 0 Å². The van der Waals surface area contributed by atoms with Crippen LogP contribution >= 0.6 is 0 Å². The van der Waals surface area contributed by atoms with E-state index in [0.29, 0.717) is 13.1 Å². The number of ether oxygens (including phenoxy) is 1. The predicted octanol–water partition coefficient (Wildman–Crippen LogP) is 2.13.